The van der Waals surface area contributed by atoms with Crippen molar-refractivity contribution in [3.05, 3.63) is 64.1 Å². The summed E-state index contributed by atoms with van der Waals surface area (Å²) in [7, 11) is 2.07. The smallest absolute Gasteiger partial charge is 0.223 e. The lowest BCUT2D eigenvalue weighted by Crippen LogP contribution is -2.25. The highest BCUT2D eigenvalue weighted by molar-refractivity contribution is 5.21. The van der Waals surface area contributed by atoms with Crippen LogP contribution in [0.2, 0.25) is 0 Å². The van der Waals surface area contributed by atoms with Gasteiger partial charge in [0.2, 0.25) is 5.43 Å². The van der Waals surface area contributed by atoms with Crippen LogP contribution in [0.25, 0.3) is 0 Å². The van der Waals surface area contributed by atoms with Crippen LogP contribution in [0.3, 0.4) is 0 Å². The van der Waals surface area contributed by atoms with E-state index in [2.05, 4.69) is 28.6 Å². The first-order valence-corrected chi connectivity index (χ1v) is 8.80. The summed E-state index contributed by atoms with van der Waals surface area (Å²) in [6, 6.07) is 12.3. The molecule has 0 radical (unpaired) electrons. The molecule has 4 heteroatoms. The third kappa shape index (κ3) is 4.06. The van der Waals surface area contributed by atoms with Crippen molar-refractivity contribution in [2.24, 2.45) is 0 Å². The van der Waals surface area contributed by atoms with Crippen molar-refractivity contribution in [2.75, 3.05) is 7.05 Å². The summed E-state index contributed by atoms with van der Waals surface area (Å²) < 4.78 is 2.14. The zero-order valence-electron chi connectivity index (χ0n) is 14.3. The van der Waals surface area contributed by atoms with Crippen LogP contribution in [0.4, 0.5) is 0 Å². The summed E-state index contributed by atoms with van der Waals surface area (Å²) in [5.41, 5.74) is 1.96. The lowest BCUT2D eigenvalue weighted by Gasteiger charge is -2.29. The first-order chi connectivity index (χ1) is 11.6. The summed E-state index contributed by atoms with van der Waals surface area (Å²) in [6.07, 6.45) is 7.61. The summed E-state index contributed by atoms with van der Waals surface area (Å²) in [5, 5.41) is 9.88. The van der Waals surface area contributed by atoms with Crippen molar-refractivity contribution in [3.63, 3.8) is 0 Å². The molecule has 3 rings (SSSR count). The summed E-state index contributed by atoms with van der Waals surface area (Å²) in [5.74, 6) is -0.143. The zero-order valence-corrected chi connectivity index (χ0v) is 14.3. The van der Waals surface area contributed by atoms with E-state index in [9.17, 15) is 9.90 Å². The Morgan fingerprint density at radius 2 is 1.83 bits per heavy atom. The lowest BCUT2D eigenvalue weighted by molar-refractivity contribution is 0.285. The fraction of sp³-hybridized carbons (Fsp3) is 0.450. The molecule has 0 unspecified atom stereocenters. The summed E-state index contributed by atoms with van der Waals surface area (Å²) in [6.45, 7) is 1.53. The molecule has 1 heterocycles. The molecule has 1 saturated carbocycles. The Morgan fingerprint density at radius 1 is 1.12 bits per heavy atom. The van der Waals surface area contributed by atoms with Gasteiger partial charge >= 0.3 is 0 Å². The van der Waals surface area contributed by atoms with Crippen molar-refractivity contribution >= 4 is 0 Å². The zero-order chi connectivity index (χ0) is 16.9. The lowest BCUT2D eigenvalue weighted by atomic mass is 9.95. The number of benzene rings is 1. The number of hydrogen-bond donors (Lipinski definition) is 1. The SMILES string of the molecule is CN(Cc1ccccc1)Cc1cc(=O)c(O)cn1C1CCCCC1. The highest BCUT2D eigenvalue weighted by Gasteiger charge is 2.19. The fourth-order valence-electron chi connectivity index (χ4n) is 3.63. The predicted molar refractivity (Wildman–Crippen MR) is 96.1 cm³/mol. The van der Waals surface area contributed by atoms with Crippen molar-refractivity contribution < 1.29 is 5.11 Å². The Balaban J connectivity index is 1.80. The predicted octanol–water partition coefficient (Wildman–Crippen LogP) is 3.69. The van der Waals surface area contributed by atoms with Crippen LogP contribution in [0, 0.1) is 0 Å². The maximum Gasteiger partial charge on any atom is 0.223 e. The van der Waals surface area contributed by atoms with E-state index in [4.69, 9.17) is 0 Å². The molecule has 0 atom stereocenters. The second kappa shape index (κ2) is 7.67. The molecule has 0 bridgehead atoms. The quantitative estimate of drug-likeness (QED) is 0.911. The minimum absolute atomic E-state index is 0.143. The van der Waals surface area contributed by atoms with Crippen LogP contribution in [0.1, 0.15) is 49.4 Å². The molecule has 4 nitrogen and oxygen atoms in total. The van der Waals surface area contributed by atoms with Crippen LogP contribution in [-0.2, 0) is 13.1 Å². The van der Waals surface area contributed by atoms with Gasteiger partial charge in [0.05, 0.1) is 6.20 Å². The van der Waals surface area contributed by atoms with Gasteiger partial charge in [0, 0.05) is 30.9 Å². The first kappa shape index (κ1) is 16.8. The molecule has 24 heavy (non-hydrogen) atoms. The van der Waals surface area contributed by atoms with Crippen molar-refractivity contribution in [1.82, 2.24) is 9.47 Å². The van der Waals surface area contributed by atoms with Gasteiger partial charge in [-0.05, 0) is 25.5 Å². The molecular weight excluding hydrogens is 300 g/mol. The van der Waals surface area contributed by atoms with Gasteiger partial charge in [-0.1, -0.05) is 49.6 Å². The van der Waals surface area contributed by atoms with E-state index in [1.54, 1.807) is 12.3 Å². The Morgan fingerprint density at radius 3 is 2.54 bits per heavy atom. The number of aromatic nitrogens is 1. The molecule has 2 aromatic rings. The first-order valence-electron chi connectivity index (χ1n) is 8.80. The van der Waals surface area contributed by atoms with E-state index in [1.165, 1.54) is 24.8 Å². The van der Waals surface area contributed by atoms with Crippen LogP contribution in [-0.4, -0.2) is 21.6 Å². The van der Waals surface area contributed by atoms with Gasteiger partial charge in [-0.3, -0.25) is 9.69 Å². The molecule has 128 valence electrons. The third-order valence-corrected chi connectivity index (χ3v) is 4.84. The van der Waals surface area contributed by atoms with Gasteiger partial charge in [-0.2, -0.15) is 0 Å². The Bertz CT molecular complexity index is 718. The molecule has 0 amide bonds. The van der Waals surface area contributed by atoms with Crippen LogP contribution < -0.4 is 5.43 Å². The highest BCUT2D eigenvalue weighted by Crippen LogP contribution is 2.30. The Hall–Kier alpha value is -2.07. The molecule has 1 aliphatic rings. The summed E-state index contributed by atoms with van der Waals surface area (Å²) >= 11 is 0. The fourth-order valence-corrected chi connectivity index (χ4v) is 3.63. The van der Waals surface area contributed by atoms with Crippen molar-refractivity contribution in [3.8, 4) is 5.75 Å². The largest absolute Gasteiger partial charge is 0.503 e. The molecule has 1 fully saturated rings. The van der Waals surface area contributed by atoms with E-state index < -0.39 is 0 Å². The standard InChI is InChI=1S/C20H26N2O2/c1-21(13-16-8-4-2-5-9-16)14-18-12-19(23)20(24)15-22(18)17-10-6-3-7-11-17/h2,4-5,8-9,12,15,17,24H,3,6-7,10-11,13-14H2,1H3. The number of hydrogen-bond acceptors (Lipinski definition) is 3. The molecule has 1 aromatic heterocycles. The van der Waals surface area contributed by atoms with Gasteiger partial charge in [-0.25, -0.2) is 0 Å². The molecule has 0 saturated heterocycles. The summed E-state index contributed by atoms with van der Waals surface area (Å²) in [4.78, 5) is 14.1. The molecule has 1 aliphatic carbocycles. The second-order valence-corrected chi connectivity index (χ2v) is 6.87. The van der Waals surface area contributed by atoms with Gasteiger partial charge in [0.1, 0.15) is 0 Å². The maximum atomic E-state index is 11.9. The van der Waals surface area contributed by atoms with E-state index >= 15 is 0 Å². The van der Waals surface area contributed by atoms with Gasteiger partial charge in [-0.15, -0.1) is 0 Å². The van der Waals surface area contributed by atoms with Crippen molar-refractivity contribution in [2.45, 2.75) is 51.2 Å². The monoisotopic (exact) mass is 326 g/mol. The number of nitrogens with zero attached hydrogens (tertiary/aromatic N) is 2. The normalized spacial score (nSPS) is 15.8. The molecule has 1 N–H and O–H groups in total. The van der Waals surface area contributed by atoms with E-state index in [0.29, 0.717) is 12.6 Å². The Kier molecular flexibility index (Phi) is 5.36. The van der Waals surface area contributed by atoms with E-state index in [1.807, 2.05) is 18.2 Å². The van der Waals surface area contributed by atoms with Gasteiger partial charge < -0.3 is 9.67 Å². The van der Waals surface area contributed by atoms with Gasteiger partial charge in [0.15, 0.2) is 5.75 Å². The topological polar surface area (TPSA) is 45.5 Å². The number of aromatic hydroxyl groups is 1. The minimum Gasteiger partial charge on any atom is -0.503 e. The average molecular weight is 326 g/mol. The average Bonchev–Trinajstić information content (AvgIpc) is 2.59. The minimum atomic E-state index is -0.287. The highest BCUT2D eigenvalue weighted by atomic mass is 16.3. The van der Waals surface area contributed by atoms with Crippen LogP contribution >= 0.6 is 0 Å². The molecule has 0 spiro atoms. The van der Waals surface area contributed by atoms with Gasteiger partial charge in [0.25, 0.3) is 0 Å². The third-order valence-electron chi connectivity index (χ3n) is 4.84. The van der Waals surface area contributed by atoms with Crippen molar-refractivity contribution in [1.29, 1.82) is 0 Å². The van der Waals surface area contributed by atoms with E-state index in [0.717, 1.165) is 25.1 Å². The van der Waals surface area contributed by atoms with E-state index in [-0.39, 0.29) is 11.2 Å². The molecular formula is C20H26N2O2. The van der Waals surface area contributed by atoms with Crippen LogP contribution in [0.15, 0.2) is 47.4 Å². The maximum absolute atomic E-state index is 11.9. The number of pyridine rings is 1. The second-order valence-electron chi connectivity index (χ2n) is 6.87. The van der Waals surface area contributed by atoms with Crippen LogP contribution in [0.5, 0.6) is 5.75 Å². The Labute approximate surface area is 143 Å². The molecule has 1 aromatic carbocycles. The molecule has 0 aliphatic heterocycles. The number of rotatable bonds is 5.